The fourth-order valence-electron chi connectivity index (χ4n) is 2.32. The van der Waals surface area contributed by atoms with Gasteiger partial charge in [-0.15, -0.1) is 0 Å². The maximum absolute atomic E-state index is 9.90. The molecular formula is C13H15N3O2. The van der Waals surface area contributed by atoms with Crippen LogP contribution in [0.25, 0.3) is 11.3 Å². The third kappa shape index (κ3) is 1.88. The average molecular weight is 245 g/mol. The number of benzene rings is 1. The van der Waals surface area contributed by atoms with E-state index in [-0.39, 0.29) is 11.6 Å². The van der Waals surface area contributed by atoms with Crippen LogP contribution in [0.3, 0.4) is 0 Å². The number of anilines is 2. The summed E-state index contributed by atoms with van der Waals surface area (Å²) in [5.41, 5.74) is 7.82. The normalized spacial score (nSPS) is 15.2. The first-order valence-electron chi connectivity index (χ1n) is 6.04. The Bertz CT molecular complexity index is 559. The number of phenolic OH excluding ortho intramolecular Hbond substituents is 1. The van der Waals surface area contributed by atoms with Crippen LogP contribution in [0, 0.1) is 0 Å². The van der Waals surface area contributed by atoms with E-state index in [0.29, 0.717) is 11.3 Å². The van der Waals surface area contributed by atoms with Crippen molar-refractivity contribution in [3.63, 3.8) is 0 Å². The molecule has 0 atom stereocenters. The van der Waals surface area contributed by atoms with E-state index in [1.807, 2.05) is 12.1 Å². The van der Waals surface area contributed by atoms with Crippen LogP contribution in [0.2, 0.25) is 0 Å². The Kier molecular flexibility index (Phi) is 2.59. The van der Waals surface area contributed by atoms with Crippen molar-refractivity contribution in [2.75, 3.05) is 23.7 Å². The Balaban J connectivity index is 2.00. The van der Waals surface area contributed by atoms with Crippen LogP contribution in [0.5, 0.6) is 5.75 Å². The van der Waals surface area contributed by atoms with Crippen molar-refractivity contribution in [1.29, 1.82) is 0 Å². The van der Waals surface area contributed by atoms with Gasteiger partial charge in [0.05, 0.1) is 0 Å². The molecule has 5 heteroatoms. The zero-order valence-electron chi connectivity index (χ0n) is 9.97. The van der Waals surface area contributed by atoms with Gasteiger partial charge in [0.2, 0.25) is 5.88 Å². The molecule has 0 unspecified atom stereocenters. The van der Waals surface area contributed by atoms with E-state index in [1.54, 1.807) is 12.1 Å². The highest BCUT2D eigenvalue weighted by molar-refractivity contribution is 5.73. The maximum atomic E-state index is 9.90. The van der Waals surface area contributed by atoms with Crippen molar-refractivity contribution in [1.82, 2.24) is 5.16 Å². The van der Waals surface area contributed by atoms with Gasteiger partial charge in [0.1, 0.15) is 11.4 Å². The van der Waals surface area contributed by atoms with Crippen LogP contribution >= 0.6 is 0 Å². The molecule has 0 radical (unpaired) electrons. The van der Waals surface area contributed by atoms with Crippen molar-refractivity contribution in [3.8, 4) is 17.0 Å². The maximum Gasteiger partial charge on any atom is 0.222 e. The number of nitrogens with two attached hydrogens (primary N) is 1. The number of aromatic nitrogens is 1. The van der Waals surface area contributed by atoms with E-state index in [0.717, 1.165) is 18.8 Å². The first-order chi connectivity index (χ1) is 8.74. The Morgan fingerprint density at radius 1 is 1.22 bits per heavy atom. The Hall–Kier alpha value is -2.17. The zero-order valence-corrected chi connectivity index (χ0v) is 9.97. The third-order valence-corrected chi connectivity index (χ3v) is 3.26. The zero-order chi connectivity index (χ0) is 12.5. The van der Waals surface area contributed by atoms with Crippen molar-refractivity contribution in [2.24, 2.45) is 0 Å². The van der Waals surface area contributed by atoms with Gasteiger partial charge >= 0.3 is 0 Å². The average Bonchev–Trinajstić information content (AvgIpc) is 3.01. The van der Waals surface area contributed by atoms with Crippen molar-refractivity contribution >= 4 is 11.6 Å². The van der Waals surface area contributed by atoms with Gasteiger partial charge in [-0.2, -0.15) is 0 Å². The molecule has 1 aliphatic heterocycles. The molecule has 1 fully saturated rings. The van der Waals surface area contributed by atoms with Crippen molar-refractivity contribution < 1.29 is 9.63 Å². The first kappa shape index (κ1) is 11.0. The summed E-state index contributed by atoms with van der Waals surface area (Å²) in [6.45, 7) is 2.12. The predicted molar refractivity (Wildman–Crippen MR) is 69.5 cm³/mol. The quantitative estimate of drug-likeness (QED) is 0.848. The monoisotopic (exact) mass is 245 g/mol. The summed E-state index contributed by atoms with van der Waals surface area (Å²) in [6, 6.07) is 7.15. The topological polar surface area (TPSA) is 75.5 Å². The fourth-order valence-corrected chi connectivity index (χ4v) is 2.32. The molecule has 1 saturated heterocycles. The van der Waals surface area contributed by atoms with Gasteiger partial charge in [0.25, 0.3) is 0 Å². The predicted octanol–water partition coefficient (Wildman–Crippen LogP) is 2.23. The number of hydrogen-bond donors (Lipinski definition) is 2. The van der Waals surface area contributed by atoms with Gasteiger partial charge in [0, 0.05) is 30.4 Å². The highest BCUT2D eigenvalue weighted by Gasteiger charge is 2.16. The SMILES string of the molecule is Nc1cc(-c2cc(N3CCCC3)ccc2O)no1. The molecule has 94 valence electrons. The van der Waals surface area contributed by atoms with Crippen molar-refractivity contribution in [3.05, 3.63) is 24.3 Å². The Morgan fingerprint density at radius 3 is 2.67 bits per heavy atom. The second kappa shape index (κ2) is 4.25. The number of phenols is 1. The molecule has 2 aromatic rings. The summed E-state index contributed by atoms with van der Waals surface area (Å²) in [5, 5.41) is 13.7. The molecule has 18 heavy (non-hydrogen) atoms. The number of hydrogen-bond acceptors (Lipinski definition) is 5. The molecule has 5 nitrogen and oxygen atoms in total. The lowest BCUT2D eigenvalue weighted by atomic mass is 10.1. The molecule has 0 aliphatic carbocycles. The molecule has 0 spiro atoms. The molecule has 0 amide bonds. The Morgan fingerprint density at radius 2 is 2.00 bits per heavy atom. The highest BCUT2D eigenvalue weighted by atomic mass is 16.5. The van der Waals surface area contributed by atoms with E-state index in [1.165, 1.54) is 12.8 Å². The van der Waals surface area contributed by atoms with E-state index < -0.39 is 0 Å². The second-order valence-electron chi connectivity index (χ2n) is 4.51. The van der Waals surface area contributed by atoms with Gasteiger partial charge in [-0.05, 0) is 31.0 Å². The van der Waals surface area contributed by atoms with E-state index in [9.17, 15) is 5.11 Å². The van der Waals surface area contributed by atoms with Gasteiger partial charge in [-0.3, -0.25) is 0 Å². The molecule has 3 rings (SSSR count). The highest BCUT2D eigenvalue weighted by Crippen LogP contribution is 2.33. The van der Waals surface area contributed by atoms with Gasteiger partial charge in [-0.1, -0.05) is 5.16 Å². The Labute approximate surface area is 105 Å². The molecule has 2 heterocycles. The van der Waals surface area contributed by atoms with Crippen molar-refractivity contribution in [2.45, 2.75) is 12.8 Å². The molecule has 0 bridgehead atoms. The number of nitrogens with zero attached hydrogens (tertiary/aromatic N) is 2. The van der Waals surface area contributed by atoms with Crippen LogP contribution in [0.1, 0.15) is 12.8 Å². The summed E-state index contributed by atoms with van der Waals surface area (Å²) in [7, 11) is 0. The van der Waals surface area contributed by atoms with E-state index >= 15 is 0 Å². The lowest BCUT2D eigenvalue weighted by molar-refractivity contribution is 0.437. The van der Waals surface area contributed by atoms with E-state index in [2.05, 4.69) is 10.1 Å². The van der Waals surface area contributed by atoms with Gasteiger partial charge in [-0.25, -0.2) is 0 Å². The smallest absolute Gasteiger partial charge is 0.222 e. The molecule has 0 saturated carbocycles. The lowest BCUT2D eigenvalue weighted by Gasteiger charge is -2.18. The summed E-state index contributed by atoms with van der Waals surface area (Å²) < 4.78 is 4.84. The van der Waals surface area contributed by atoms with Crippen LogP contribution in [-0.2, 0) is 0 Å². The number of rotatable bonds is 2. The van der Waals surface area contributed by atoms with Gasteiger partial charge in [0.15, 0.2) is 0 Å². The fraction of sp³-hybridized carbons (Fsp3) is 0.308. The third-order valence-electron chi connectivity index (χ3n) is 3.26. The number of aromatic hydroxyl groups is 1. The van der Waals surface area contributed by atoms with E-state index in [4.69, 9.17) is 10.3 Å². The van der Waals surface area contributed by atoms with Crippen LogP contribution < -0.4 is 10.6 Å². The van der Waals surface area contributed by atoms with Crippen LogP contribution in [0.4, 0.5) is 11.6 Å². The van der Waals surface area contributed by atoms with Gasteiger partial charge < -0.3 is 20.3 Å². The molecule has 1 aliphatic rings. The molecule has 1 aromatic carbocycles. The summed E-state index contributed by atoms with van der Waals surface area (Å²) in [5.74, 6) is 0.433. The minimum Gasteiger partial charge on any atom is -0.507 e. The number of nitrogen functional groups attached to an aromatic ring is 1. The molecular weight excluding hydrogens is 230 g/mol. The summed E-state index contributed by atoms with van der Waals surface area (Å²) in [6.07, 6.45) is 2.43. The largest absolute Gasteiger partial charge is 0.507 e. The summed E-state index contributed by atoms with van der Waals surface area (Å²) in [4.78, 5) is 2.30. The standard InChI is InChI=1S/C13H15N3O2/c14-13-8-11(15-18-13)10-7-9(3-4-12(10)17)16-5-1-2-6-16/h3-4,7-8,17H,1-2,5-6,14H2. The first-order valence-corrected chi connectivity index (χ1v) is 6.04. The second-order valence-corrected chi connectivity index (χ2v) is 4.51. The molecule has 3 N–H and O–H groups in total. The summed E-state index contributed by atoms with van der Waals surface area (Å²) >= 11 is 0. The van der Waals surface area contributed by atoms with Crippen LogP contribution in [-0.4, -0.2) is 23.4 Å². The lowest BCUT2D eigenvalue weighted by Crippen LogP contribution is -2.17. The van der Waals surface area contributed by atoms with Crippen LogP contribution in [0.15, 0.2) is 28.8 Å². The molecule has 1 aromatic heterocycles. The minimum absolute atomic E-state index is 0.186. The minimum atomic E-state index is 0.186.